The van der Waals surface area contributed by atoms with E-state index >= 15 is 0 Å². The van der Waals surface area contributed by atoms with Gasteiger partial charge in [-0.15, -0.1) is 4.65 Å². The molecule has 3 nitrogen and oxygen atoms in total. The Bertz CT molecular complexity index is 454. The molecule has 0 fully saturated rings. The Morgan fingerprint density at radius 2 is 2.06 bits per heavy atom. The van der Waals surface area contributed by atoms with E-state index in [0.717, 1.165) is 6.42 Å². The molecule has 0 aromatic heterocycles. The summed E-state index contributed by atoms with van der Waals surface area (Å²) >= 11 is 0. The average Bonchev–Trinajstić information content (AvgIpc) is 2.35. The van der Waals surface area contributed by atoms with Gasteiger partial charge in [-0.25, -0.2) is 0 Å². The highest BCUT2D eigenvalue weighted by Gasteiger charge is 2.35. The van der Waals surface area contributed by atoms with Crippen molar-refractivity contribution >= 4 is 5.69 Å². The van der Waals surface area contributed by atoms with Crippen molar-refractivity contribution in [2.75, 3.05) is 21.3 Å². The summed E-state index contributed by atoms with van der Waals surface area (Å²) in [5.41, 5.74) is 5.00. The van der Waals surface area contributed by atoms with Crippen LogP contribution >= 0.6 is 0 Å². The molecule has 1 heterocycles. The van der Waals surface area contributed by atoms with Crippen molar-refractivity contribution in [3.05, 3.63) is 41.1 Å². The summed E-state index contributed by atoms with van der Waals surface area (Å²) in [4.78, 5) is 5.68. The molecule has 1 aliphatic rings. The van der Waals surface area contributed by atoms with E-state index in [2.05, 4.69) is 38.2 Å². The topological polar surface area (TPSA) is 18.5 Å². The lowest BCUT2D eigenvalue weighted by molar-refractivity contribution is -0.0702. The van der Waals surface area contributed by atoms with E-state index in [4.69, 9.17) is 9.57 Å². The Kier molecular flexibility index (Phi) is 3.33. The van der Waals surface area contributed by atoms with Gasteiger partial charge in [0.15, 0.2) is 5.69 Å². The van der Waals surface area contributed by atoms with E-state index in [1.807, 2.05) is 0 Å². The first-order valence-corrected chi connectivity index (χ1v) is 5.83. The third kappa shape index (κ3) is 1.90. The molecule has 0 saturated heterocycles. The largest absolute Gasteiger partial charge is 0.380 e. The first kappa shape index (κ1) is 12.3. The van der Waals surface area contributed by atoms with E-state index in [-0.39, 0.29) is 0 Å². The molecule has 0 saturated carbocycles. The molecule has 3 heteroatoms. The number of fused-ring (bicyclic) bond motifs is 1. The van der Waals surface area contributed by atoms with Crippen LogP contribution in [0, 0.1) is 0 Å². The number of methoxy groups -OCH3 is 1. The number of hydrogen-bond acceptors (Lipinski definition) is 2. The zero-order chi connectivity index (χ0) is 12.5. The van der Waals surface area contributed by atoms with Crippen molar-refractivity contribution in [3.63, 3.8) is 0 Å². The molecular formula is C14H20NO2+. The van der Waals surface area contributed by atoms with Gasteiger partial charge in [-0.1, -0.05) is 12.1 Å². The van der Waals surface area contributed by atoms with Crippen molar-refractivity contribution in [1.29, 1.82) is 0 Å². The van der Waals surface area contributed by atoms with Gasteiger partial charge in [-0.3, -0.25) is 0 Å². The van der Waals surface area contributed by atoms with Crippen molar-refractivity contribution in [3.8, 4) is 0 Å². The maximum absolute atomic E-state index is 5.68. The van der Waals surface area contributed by atoms with Crippen LogP contribution in [-0.2, 0) is 22.6 Å². The van der Waals surface area contributed by atoms with Crippen LogP contribution in [0.4, 0.5) is 5.69 Å². The quantitative estimate of drug-likeness (QED) is 0.749. The molecule has 0 spiro atoms. The van der Waals surface area contributed by atoms with Crippen LogP contribution in [0.2, 0.25) is 0 Å². The van der Waals surface area contributed by atoms with Crippen LogP contribution in [0.1, 0.15) is 18.1 Å². The molecule has 1 aromatic carbocycles. The van der Waals surface area contributed by atoms with Gasteiger partial charge in [0.05, 0.1) is 13.7 Å². The monoisotopic (exact) mass is 234 g/mol. The van der Waals surface area contributed by atoms with Crippen LogP contribution < -0.4 is 4.65 Å². The van der Waals surface area contributed by atoms with Gasteiger partial charge in [-0.2, -0.15) is 4.84 Å². The number of hydroxylamine groups is 2. The number of hydrogen-bond donors (Lipinski definition) is 0. The molecule has 0 amide bonds. The lowest BCUT2D eigenvalue weighted by Gasteiger charge is -2.34. The predicted molar refractivity (Wildman–Crippen MR) is 69.3 cm³/mol. The molecular weight excluding hydrogens is 214 g/mol. The van der Waals surface area contributed by atoms with Gasteiger partial charge in [0.25, 0.3) is 0 Å². The predicted octanol–water partition coefficient (Wildman–Crippen LogP) is 2.79. The molecule has 2 rings (SSSR count). The molecule has 0 bridgehead atoms. The number of ether oxygens (including phenoxy) is 1. The SMILES string of the molecule is COCc1cccc2c1CC=C(C)[N+]2(C)OC. The second-order valence-corrected chi connectivity index (χ2v) is 4.50. The van der Waals surface area contributed by atoms with Gasteiger partial charge in [0.2, 0.25) is 0 Å². The lowest BCUT2D eigenvalue weighted by Crippen LogP contribution is -2.44. The van der Waals surface area contributed by atoms with Crippen molar-refractivity contribution in [1.82, 2.24) is 4.65 Å². The molecule has 1 aliphatic heterocycles. The van der Waals surface area contributed by atoms with Crippen molar-refractivity contribution in [2.45, 2.75) is 20.0 Å². The minimum absolute atomic E-state index is 0.423. The van der Waals surface area contributed by atoms with Gasteiger partial charge in [0, 0.05) is 32.1 Å². The summed E-state index contributed by atoms with van der Waals surface area (Å²) in [5.74, 6) is 0. The highest BCUT2D eigenvalue weighted by atomic mass is 16.7. The molecule has 1 unspecified atom stereocenters. The highest BCUT2D eigenvalue weighted by molar-refractivity contribution is 5.58. The first-order valence-electron chi connectivity index (χ1n) is 5.83. The normalized spacial score (nSPS) is 23.2. The van der Waals surface area contributed by atoms with E-state index < -0.39 is 0 Å². The molecule has 1 atom stereocenters. The molecule has 1 aromatic rings. The van der Waals surface area contributed by atoms with Crippen molar-refractivity contribution in [2.24, 2.45) is 0 Å². The third-order valence-electron chi connectivity index (χ3n) is 3.65. The summed E-state index contributed by atoms with van der Waals surface area (Å²) in [6.07, 6.45) is 3.18. The summed E-state index contributed by atoms with van der Waals surface area (Å²) < 4.78 is 5.68. The molecule has 92 valence electrons. The van der Waals surface area contributed by atoms with Gasteiger partial charge in [-0.05, 0) is 11.6 Å². The van der Waals surface area contributed by atoms with Gasteiger partial charge in [0.1, 0.15) is 12.7 Å². The van der Waals surface area contributed by atoms with Crippen LogP contribution in [0.5, 0.6) is 0 Å². The number of allylic oxidation sites excluding steroid dienone is 2. The number of quaternary nitrogens is 1. The Hall–Kier alpha value is -1.16. The Balaban J connectivity index is 2.55. The fourth-order valence-electron chi connectivity index (χ4n) is 2.40. The maximum atomic E-state index is 5.68. The summed E-state index contributed by atoms with van der Waals surface area (Å²) in [7, 11) is 5.55. The van der Waals surface area contributed by atoms with Crippen LogP contribution in [-0.4, -0.2) is 21.3 Å². The van der Waals surface area contributed by atoms with E-state index in [1.54, 1.807) is 14.2 Å². The minimum Gasteiger partial charge on any atom is -0.380 e. The van der Waals surface area contributed by atoms with Crippen LogP contribution in [0.25, 0.3) is 0 Å². The Morgan fingerprint density at radius 1 is 1.29 bits per heavy atom. The average molecular weight is 234 g/mol. The summed E-state index contributed by atoms with van der Waals surface area (Å²) in [5, 5.41) is 0. The van der Waals surface area contributed by atoms with E-state index in [9.17, 15) is 0 Å². The maximum Gasteiger partial charge on any atom is 0.173 e. The van der Waals surface area contributed by atoms with Crippen LogP contribution in [0.3, 0.4) is 0 Å². The second kappa shape index (κ2) is 4.61. The third-order valence-corrected chi connectivity index (χ3v) is 3.65. The molecule has 0 aliphatic carbocycles. The Labute approximate surface area is 103 Å². The standard InChI is InChI=1S/C14H20NO2/c1-11-8-9-13-12(10-16-3)6-5-7-14(13)15(11,2)17-4/h5-8H,9-10H2,1-4H3/q+1. The van der Waals surface area contributed by atoms with E-state index in [1.165, 1.54) is 22.5 Å². The molecule has 17 heavy (non-hydrogen) atoms. The van der Waals surface area contributed by atoms with E-state index in [0.29, 0.717) is 11.3 Å². The fraction of sp³-hybridized carbons (Fsp3) is 0.429. The molecule has 0 radical (unpaired) electrons. The number of nitrogens with zero attached hydrogens (tertiary/aromatic N) is 1. The highest BCUT2D eigenvalue weighted by Crippen LogP contribution is 2.37. The Morgan fingerprint density at radius 3 is 2.71 bits per heavy atom. The van der Waals surface area contributed by atoms with Crippen molar-refractivity contribution < 1.29 is 9.57 Å². The summed E-state index contributed by atoms with van der Waals surface area (Å²) in [6, 6.07) is 6.33. The number of rotatable bonds is 3. The second-order valence-electron chi connectivity index (χ2n) is 4.50. The van der Waals surface area contributed by atoms with Crippen LogP contribution in [0.15, 0.2) is 30.0 Å². The smallest absolute Gasteiger partial charge is 0.173 e. The van der Waals surface area contributed by atoms with Gasteiger partial charge >= 0.3 is 0 Å². The number of benzene rings is 1. The van der Waals surface area contributed by atoms with Gasteiger partial charge < -0.3 is 4.74 Å². The zero-order valence-electron chi connectivity index (χ0n) is 11.0. The first-order chi connectivity index (χ1) is 8.13. The zero-order valence-corrected chi connectivity index (χ0v) is 11.0. The minimum atomic E-state index is 0.423. The fourth-order valence-corrected chi connectivity index (χ4v) is 2.40. The molecule has 0 N–H and O–H groups in total. The lowest BCUT2D eigenvalue weighted by atomic mass is 9.98. The summed E-state index contributed by atoms with van der Waals surface area (Å²) in [6.45, 7) is 2.76.